The summed E-state index contributed by atoms with van der Waals surface area (Å²) in [5, 5.41) is 13.3. The molecule has 7 nitrogen and oxygen atoms in total. The van der Waals surface area contributed by atoms with Gasteiger partial charge in [0.1, 0.15) is 5.84 Å². The molecule has 1 aromatic heterocycles. The van der Waals surface area contributed by atoms with Gasteiger partial charge in [0, 0.05) is 28.1 Å². The molecule has 3 heterocycles. The summed E-state index contributed by atoms with van der Waals surface area (Å²) in [6, 6.07) is 24.2. The van der Waals surface area contributed by atoms with Crippen molar-refractivity contribution in [2.24, 2.45) is 10.1 Å². The number of hydrogen-bond donors (Lipinski definition) is 0. The molecule has 194 valence electrons. The van der Waals surface area contributed by atoms with E-state index in [0.29, 0.717) is 13.1 Å². The van der Waals surface area contributed by atoms with Crippen molar-refractivity contribution in [3.63, 3.8) is 0 Å². The Labute approximate surface area is 242 Å². The highest BCUT2D eigenvalue weighted by Crippen LogP contribution is 2.36. The number of rotatable bonds is 5. The largest absolute Gasteiger partial charge is 1.00 e. The average molecular weight is 611 g/mol. The molecule has 0 fully saturated rings. The third-order valence-electron chi connectivity index (χ3n) is 6.79. The van der Waals surface area contributed by atoms with Crippen LogP contribution in [0.4, 0.5) is 5.95 Å². The highest BCUT2D eigenvalue weighted by molar-refractivity contribution is 6.31. The van der Waals surface area contributed by atoms with Crippen LogP contribution in [-0.4, -0.2) is 31.5 Å². The van der Waals surface area contributed by atoms with Gasteiger partial charge in [-0.3, -0.25) is 4.90 Å². The Morgan fingerprint density at radius 1 is 0.842 bits per heavy atom. The Hall–Kier alpha value is -3.20. The van der Waals surface area contributed by atoms with E-state index in [-0.39, 0.29) is 23.1 Å². The summed E-state index contributed by atoms with van der Waals surface area (Å²) in [6.07, 6.45) is -0.291. The maximum atomic E-state index is 6.53. The van der Waals surface area contributed by atoms with E-state index in [9.17, 15) is 0 Å². The maximum Gasteiger partial charge on any atom is 0.388 e. The number of fused-ring (bicyclic) bond motifs is 2. The maximum absolute atomic E-state index is 6.53. The molecule has 38 heavy (non-hydrogen) atoms. The van der Waals surface area contributed by atoms with Crippen LogP contribution in [0.25, 0.3) is 0 Å². The van der Waals surface area contributed by atoms with Crippen molar-refractivity contribution < 1.29 is 21.5 Å². The number of halogens is 3. The van der Waals surface area contributed by atoms with Gasteiger partial charge in [0.2, 0.25) is 12.0 Å². The number of hydrogen-bond acceptors (Lipinski definition) is 5. The molecule has 0 spiro atoms. The van der Waals surface area contributed by atoms with Crippen molar-refractivity contribution in [1.29, 1.82) is 0 Å². The van der Waals surface area contributed by atoms with Crippen molar-refractivity contribution in [3.8, 4) is 0 Å². The van der Waals surface area contributed by atoms with Crippen LogP contribution in [0.15, 0.2) is 82.9 Å². The number of amidine groups is 1. The number of guanidine groups is 1. The first-order valence-corrected chi connectivity index (χ1v) is 12.9. The van der Waals surface area contributed by atoms with Crippen LogP contribution >= 0.6 is 23.2 Å². The second kappa shape index (κ2) is 10.5. The highest BCUT2D eigenvalue weighted by Gasteiger charge is 2.46. The number of hydrazone groups is 1. The highest BCUT2D eigenvalue weighted by atomic mass is 79.9. The van der Waals surface area contributed by atoms with Gasteiger partial charge in [-0.05, 0) is 36.6 Å². The van der Waals surface area contributed by atoms with Crippen LogP contribution in [0.3, 0.4) is 0 Å². The van der Waals surface area contributed by atoms with Crippen LogP contribution in [0.5, 0.6) is 0 Å². The zero-order chi connectivity index (χ0) is 25.7. The van der Waals surface area contributed by atoms with Crippen LogP contribution in [0.1, 0.15) is 41.2 Å². The van der Waals surface area contributed by atoms with Crippen molar-refractivity contribution in [2.75, 3.05) is 0 Å². The Balaban J connectivity index is 0.00000294. The third kappa shape index (κ3) is 4.61. The molecule has 0 aliphatic carbocycles. The molecular weight excluding hydrogens is 585 g/mol. The fourth-order valence-corrected chi connectivity index (χ4v) is 5.17. The molecule has 0 saturated carbocycles. The quantitative estimate of drug-likeness (QED) is 0.327. The first-order chi connectivity index (χ1) is 17.9. The Morgan fingerprint density at radius 2 is 1.47 bits per heavy atom. The predicted octanol–water partition coefficient (Wildman–Crippen LogP) is 2.85. The van der Waals surface area contributed by atoms with E-state index in [1.54, 1.807) is 0 Å². The predicted molar refractivity (Wildman–Crippen MR) is 146 cm³/mol. The number of benzene rings is 3. The molecule has 1 unspecified atom stereocenters. The van der Waals surface area contributed by atoms with Crippen LogP contribution in [0, 0.1) is 13.8 Å². The minimum Gasteiger partial charge on any atom is -1.00 e. The Bertz CT molecular complexity index is 1560. The topological polar surface area (TPSA) is 52.9 Å². The van der Waals surface area contributed by atoms with Gasteiger partial charge < -0.3 is 17.0 Å². The Morgan fingerprint density at radius 3 is 2.13 bits per heavy atom. The lowest BCUT2D eigenvalue weighted by Crippen LogP contribution is -3.00. The smallest absolute Gasteiger partial charge is 0.388 e. The van der Waals surface area contributed by atoms with Gasteiger partial charge in [-0.1, -0.05) is 99.1 Å². The van der Waals surface area contributed by atoms with Crippen molar-refractivity contribution in [2.45, 2.75) is 40.0 Å². The summed E-state index contributed by atoms with van der Waals surface area (Å²) < 4.78 is 4.06. The van der Waals surface area contributed by atoms with Gasteiger partial charge in [-0.25, -0.2) is 4.57 Å². The number of aryl methyl sites for hydroxylation is 2. The molecule has 0 N–H and O–H groups in total. The van der Waals surface area contributed by atoms with Gasteiger partial charge in [0.15, 0.2) is 0 Å². The molecule has 0 radical (unpaired) electrons. The van der Waals surface area contributed by atoms with E-state index in [1.807, 2.05) is 72.1 Å². The molecular formula is C28H26BrCl2N7. The van der Waals surface area contributed by atoms with Crippen LogP contribution in [-0.2, 0) is 13.1 Å². The molecule has 2 aliphatic rings. The minimum absolute atomic E-state index is 0. The summed E-state index contributed by atoms with van der Waals surface area (Å²) >= 11 is 13.1. The van der Waals surface area contributed by atoms with Gasteiger partial charge >= 0.3 is 5.95 Å². The summed E-state index contributed by atoms with van der Waals surface area (Å²) in [5.74, 6) is 3.17. The van der Waals surface area contributed by atoms with Crippen molar-refractivity contribution in [1.82, 2.24) is 19.7 Å². The molecule has 2 aliphatic heterocycles. The summed E-state index contributed by atoms with van der Waals surface area (Å²) in [7, 11) is 0. The summed E-state index contributed by atoms with van der Waals surface area (Å²) in [6.45, 7) is 7.19. The SMILES string of the molecule is CC1=NN2C(=Nc3n(nc(C)[n+]3Cc3ccccc3Cl)C2c2ccc(C)cc2)N1Cc1ccccc1Cl.[Br-]. The van der Waals surface area contributed by atoms with Gasteiger partial charge in [-0.2, -0.15) is 10.1 Å². The fraction of sp³-hybridized carbons (Fsp3) is 0.214. The van der Waals surface area contributed by atoms with Gasteiger partial charge in [0.05, 0.1) is 13.1 Å². The van der Waals surface area contributed by atoms with Crippen molar-refractivity contribution >= 4 is 40.9 Å². The van der Waals surface area contributed by atoms with E-state index in [0.717, 1.165) is 50.3 Å². The van der Waals surface area contributed by atoms with Gasteiger partial charge in [-0.15, -0.1) is 0 Å². The lowest BCUT2D eigenvalue weighted by molar-refractivity contribution is -0.682. The summed E-state index contributed by atoms with van der Waals surface area (Å²) in [5.41, 5.74) is 4.28. The normalized spacial score (nSPS) is 16.0. The van der Waals surface area contributed by atoms with Crippen LogP contribution in [0.2, 0.25) is 10.0 Å². The standard InChI is InChI=1S/C28H26Cl2N7.BrH/c1-18-12-14-21(15-13-18)26-36-27(34(19(2)32-36)16-22-8-4-6-10-24(22)29)31-28-35(20(3)33-37(26)28)17-23-9-5-7-11-25(23)30;/h4-15,26H,16-17H2,1-3H3;1H/q+1;/p-1. The lowest BCUT2D eigenvalue weighted by Gasteiger charge is -2.28. The lowest BCUT2D eigenvalue weighted by atomic mass is 10.1. The monoisotopic (exact) mass is 609 g/mol. The number of aromatic nitrogens is 3. The first kappa shape index (κ1) is 26.4. The average Bonchev–Trinajstić information content (AvgIpc) is 3.36. The van der Waals surface area contributed by atoms with E-state index >= 15 is 0 Å². The molecule has 3 aromatic carbocycles. The van der Waals surface area contributed by atoms with E-state index < -0.39 is 0 Å². The summed E-state index contributed by atoms with van der Waals surface area (Å²) in [4.78, 5) is 7.24. The van der Waals surface area contributed by atoms with E-state index in [1.165, 1.54) is 5.56 Å². The molecule has 6 rings (SSSR count). The van der Waals surface area contributed by atoms with Crippen LogP contribution < -0.4 is 21.5 Å². The fourth-order valence-electron chi connectivity index (χ4n) is 4.78. The zero-order valence-corrected chi connectivity index (χ0v) is 24.3. The third-order valence-corrected chi connectivity index (χ3v) is 7.53. The van der Waals surface area contributed by atoms with E-state index in [2.05, 4.69) is 40.7 Å². The molecule has 1 atom stereocenters. The number of aliphatic imine (C=N–C) groups is 1. The Kier molecular flexibility index (Phi) is 7.31. The van der Waals surface area contributed by atoms with E-state index in [4.69, 9.17) is 38.4 Å². The second-order valence-corrected chi connectivity index (χ2v) is 10.1. The minimum atomic E-state index is -0.291. The molecule has 4 aromatic rings. The zero-order valence-electron chi connectivity index (χ0n) is 21.2. The van der Waals surface area contributed by atoms with Gasteiger partial charge in [0.25, 0.3) is 5.96 Å². The molecule has 10 heteroatoms. The first-order valence-electron chi connectivity index (χ1n) is 12.1. The molecule has 0 amide bonds. The molecule has 0 saturated heterocycles. The van der Waals surface area contributed by atoms with Crippen molar-refractivity contribution in [3.05, 3.63) is 111 Å². The number of nitrogens with zero attached hydrogens (tertiary/aromatic N) is 7. The second-order valence-electron chi connectivity index (χ2n) is 9.33. The molecule has 0 bridgehead atoms.